The van der Waals surface area contributed by atoms with Gasteiger partial charge in [0.15, 0.2) is 18.1 Å². The van der Waals surface area contributed by atoms with Crippen molar-refractivity contribution in [2.45, 2.75) is 13.0 Å². The summed E-state index contributed by atoms with van der Waals surface area (Å²) >= 11 is 0. The van der Waals surface area contributed by atoms with E-state index in [1.165, 1.54) is 12.4 Å². The molecular formula is C22H21N5O4. The fraction of sp³-hybridized carbons (Fsp3) is 0.136. The average molecular weight is 419 g/mol. The molecule has 2 aromatic carbocycles. The highest BCUT2D eigenvalue weighted by atomic mass is 16.5. The van der Waals surface area contributed by atoms with E-state index in [9.17, 15) is 14.4 Å². The number of anilines is 2. The zero-order chi connectivity index (χ0) is 22.2. The minimum atomic E-state index is -0.872. The number of nitrogen functional groups attached to an aromatic ring is 1. The Morgan fingerprint density at radius 3 is 2.42 bits per heavy atom. The largest absolute Gasteiger partial charge is 0.451 e. The number of rotatable bonds is 7. The number of nitrogens with two attached hydrogens (primary N) is 1. The second-order valence-corrected chi connectivity index (χ2v) is 6.57. The van der Waals surface area contributed by atoms with Crippen molar-refractivity contribution in [1.29, 1.82) is 0 Å². The van der Waals surface area contributed by atoms with Gasteiger partial charge in [0.1, 0.15) is 0 Å². The molecule has 0 spiro atoms. The number of para-hydroxylation sites is 1. The van der Waals surface area contributed by atoms with Crippen LogP contribution in [0, 0.1) is 0 Å². The predicted molar refractivity (Wildman–Crippen MR) is 114 cm³/mol. The Kier molecular flexibility index (Phi) is 6.89. The summed E-state index contributed by atoms with van der Waals surface area (Å²) in [6.45, 7) is 1.29. The molecule has 3 aromatic rings. The summed E-state index contributed by atoms with van der Waals surface area (Å²) in [6.07, 6.45) is 2.62. The Balaban J connectivity index is 1.62. The van der Waals surface area contributed by atoms with E-state index in [1.54, 1.807) is 24.3 Å². The van der Waals surface area contributed by atoms with Gasteiger partial charge in [-0.1, -0.05) is 42.5 Å². The number of carbonyl (C=O) groups is 3. The Bertz CT molecular complexity index is 1090. The molecule has 0 aliphatic rings. The molecule has 1 atom stereocenters. The van der Waals surface area contributed by atoms with Gasteiger partial charge in [0, 0.05) is 12.4 Å². The molecule has 0 saturated carbocycles. The number of benzene rings is 2. The van der Waals surface area contributed by atoms with Crippen LogP contribution in [0.25, 0.3) is 0 Å². The number of esters is 1. The van der Waals surface area contributed by atoms with Gasteiger partial charge in [-0.3, -0.25) is 9.59 Å². The lowest BCUT2D eigenvalue weighted by atomic mass is 10.1. The van der Waals surface area contributed by atoms with E-state index in [4.69, 9.17) is 10.5 Å². The third kappa shape index (κ3) is 5.63. The predicted octanol–water partition coefficient (Wildman–Crippen LogP) is 2.35. The lowest BCUT2D eigenvalue weighted by molar-refractivity contribution is -0.119. The van der Waals surface area contributed by atoms with Crippen molar-refractivity contribution in [3.8, 4) is 0 Å². The van der Waals surface area contributed by atoms with Crippen molar-refractivity contribution in [3.05, 3.63) is 83.8 Å². The second-order valence-electron chi connectivity index (χ2n) is 6.57. The van der Waals surface area contributed by atoms with Crippen molar-refractivity contribution in [1.82, 2.24) is 15.3 Å². The minimum Gasteiger partial charge on any atom is -0.451 e. The second kappa shape index (κ2) is 9.97. The van der Waals surface area contributed by atoms with Crippen molar-refractivity contribution in [2.24, 2.45) is 0 Å². The van der Waals surface area contributed by atoms with Gasteiger partial charge < -0.3 is 21.1 Å². The third-order valence-electron chi connectivity index (χ3n) is 4.35. The highest BCUT2D eigenvalue weighted by molar-refractivity contribution is 6.04. The normalized spacial score (nSPS) is 11.3. The number of aromatic nitrogens is 2. The Morgan fingerprint density at radius 2 is 1.68 bits per heavy atom. The van der Waals surface area contributed by atoms with Crippen LogP contribution in [0.4, 0.5) is 11.5 Å². The maximum absolute atomic E-state index is 12.7. The first-order chi connectivity index (χ1) is 15.0. The summed E-state index contributed by atoms with van der Waals surface area (Å²) in [4.78, 5) is 44.5. The van der Waals surface area contributed by atoms with E-state index in [-0.39, 0.29) is 29.0 Å². The molecule has 0 bridgehead atoms. The first-order valence-corrected chi connectivity index (χ1v) is 9.44. The Morgan fingerprint density at radius 1 is 1.00 bits per heavy atom. The first-order valence-electron chi connectivity index (χ1n) is 9.44. The van der Waals surface area contributed by atoms with Gasteiger partial charge in [-0.15, -0.1) is 0 Å². The van der Waals surface area contributed by atoms with Gasteiger partial charge in [0.2, 0.25) is 0 Å². The quantitative estimate of drug-likeness (QED) is 0.500. The number of amides is 2. The van der Waals surface area contributed by atoms with Crippen LogP contribution in [0.5, 0.6) is 0 Å². The summed E-state index contributed by atoms with van der Waals surface area (Å²) in [5.41, 5.74) is 6.91. The van der Waals surface area contributed by atoms with E-state index in [2.05, 4.69) is 20.6 Å². The number of hydrogen-bond donors (Lipinski definition) is 3. The standard InChI is InChI=1S/C22H21N5O4/c1-14(15-7-3-2-4-8-15)26-21(29)16-9-5-6-10-17(16)27-18(28)13-31-22(30)19-20(23)25-12-11-24-19/h2-12,14H,13H2,1H3,(H2,23,25)(H,26,29)(H,27,28)/t14-/m1/s1. The molecule has 4 N–H and O–H groups in total. The van der Waals surface area contributed by atoms with Gasteiger partial charge in [-0.25, -0.2) is 14.8 Å². The molecule has 0 aliphatic heterocycles. The summed E-state index contributed by atoms with van der Waals surface area (Å²) < 4.78 is 4.93. The van der Waals surface area contributed by atoms with Gasteiger partial charge in [0.05, 0.1) is 17.3 Å². The molecule has 3 rings (SSSR count). The molecular weight excluding hydrogens is 398 g/mol. The number of ether oxygens (including phenoxy) is 1. The van der Waals surface area contributed by atoms with Crippen molar-refractivity contribution >= 4 is 29.3 Å². The van der Waals surface area contributed by atoms with Crippen LogP contribution in [0.1, 0.15) is 39.4 Å². The zero-order valence-corrected chi connectivity index (χ0v) is 16.7. The third-order valence-corrected chi connectivity index (χ3v) is 4.35. The molecule has 0 aliphatic carbocycles. The van der Waals surface area contributed by atoms with E-state index in [0.29, 0.717) is 5.69 Å². The van der Waals surface area contributed by atoms with Gasteiger partial charge in [-0.2, -0.15) is 0 Å². The summed E-state index contributed by atoms with van der Waals surface area (Å²) in [6, 6.07) is 15.8. The van der Waals surface area contributed by atoms with E-state index < -0.39 is 18.5 Å². The Hall–Kier alpha value is -4.27. The zero-order valence-electron chi connectivity index (χ0n) is 16.7. The molecule has 1 aromatic heterocycles. The minimum absolute atomic E-state index is 0.0949. The molecule has 2 amide bonds. The van der Waals surface area contributed by atoms with Crippen molar-refractivity contribution in [3.63, 3.8) is 0 Å². The monoisotopic (exact) mass is 419 g/mol. The maximum Gasteiger partial charge on any atom is 0.361 e. The van der Waals surface area contributed by atoms with E-state index >= 15 is 0 Å². The average Bonchev–Trinajstić information content (AvgIpc) is 2.78. The number of nitrogens with one attached hydrogen (secondary N) is 2. The summed E-state index contributed by atoms with van der Waals surface area (Å²) in [5.74, 6) is -1.94. The molecule has 158 valence electrons. The Labute approximate surface area is 178 Å². The van der Waals surface area contributed by atoms with Crippen LogP contribution in [0.15, 0.2) is 67.0 Å². The van der Waals surface area contributed by atoms with E-state index in [0.717, 1.165) is 5.56 Å². The lowest BCUT2D eigenvalue weighted by Crippen LogP contribution is -2.28. The van der Waals surface area contributed by atoms with Crippen molar-refractivity contribution < 1.29 is 19.1 Å². The highest BCUT2D eigenvalue weighted by Gasteiger charge is 2.18. The summed E-state index contributed by atoms with van der Waals surface area (Å²) in [5, 5.41) is 5.48. The maximum atomic E-state index is 12.7. The molecule has 0 radical (unpaired) electrons. The van der Waals surface area contributed by atoms with Crippen LogP contribution in [-0.2, 0) is 9.53 Å². The van der Waals surface area contributed by atoms with Gasteiger partial charge in [-0.05, 0) is 24.6 Å². The number of nitrogens with zero attached hydrogens (tertiary/aromatic N) is 2. The molecule has 31 heavy (non-hydrogen) atoms. The SMILES string of the molecule is C[C@@H](NC(=O)c1ccccc1NC(=O)COC(=O)c1nccnc1N)c1ccccc1. The fourth-order valence-corrected chi connectivity index (χ4v) is 2.78. The van der Waals surface area contributed by atoms with Crippen LogP contribution < -0.4 is 16.4 Å². The van der Waals surface area contributed by atoms with Gasteiger partial charge >= 0.3 is 5.97 Å². The van der Waals surface area contributed by atoms with Crippen LogP contribution in [-0.4, -0.2) is 34.4 Å². The molecule has 9 nitrogen and oxygen atoms in total. The molecule has 0 saturated heterocycles. The number of hydrogen-bond acceptors (Lipinski definition) is 7. The van der Waals surface area contributed by atoms with Crippen molar-refractivity contribution in [2.75, 3.05) is 17.7 Å². The van der Waals surface area contributed by atoms with Gasteiger partial charge in [0.25, 0.3) is 11.8 Å². The first kappa shape index (κ1) is 21.4. The molecule has 0 unspecified atom stereocenters. The highest BCUT2D eigenvalue weighted by Crippen LogP contribution is 2.18. The number of carbonyl (C=O) groups excluding carboxylic acids is 3. The fourth-order valence-electron chi connectivity index (χ4n) is 2.78. The van der Waals surface area contributed by atoms with Crippen LogP contribution in [0.3, 0.4) is 0 Å². The molecule has 9 heteroatoms. The summed E-state index contributed by atoms with van der Waals surface area (Å²) in [7, 11) is 0. The van der Waals surface area contributed by atoms with Crippen LogP contribution in [0.2, 0.25) is 0 Å². The molecule has 0 fully saturated rings. The topological polar surface area (TPSA) is 136 Å². The van der Waals surface area contributed by atoms with E-state index in [1.807, 2.05) is 37.3 Å². The lowest BCUT2D eigenvalue weighted by Gasteiger charge is -2.16. The smallest absolute Gasteiger partial charge is 0.361 e. The molecule has 1 heterocycles. The van der Waals surface area contributed by atoms with Crippen LogP contribution >= 0.6 is 0 Å².